The van der Waals surface area contributed by atoms with Gasteiger partial charge in [0, 0.05) is 25.7 Å². The molecule has 4 rings (SSSR count). The Balaban J connectivity index is 1.34. The van der Waals surface area contributed by atoms with Crippen LogP contribution in [0.1, 0.15) is 73.0 Å². The molecule has 1 aliphatic rings. The molecule has 2 aromatic carbocycles. The number of likely N-dealkylation sites (tertiary alicyclic amines) is 1. The number of anilines is 2. The highest BCUT2D eigenvalue weighted by Gasteiger charge is 2.35. The van der Waals surface area contributed by atoms with Crippen LogP contribution in [0.4, 0.5) is 11.6 Å². The smallest absolute Gasteiger partial charge is 0.274 e. The topological polar surface area (TPSA) is 166 Å². The molecule has 1 aliphatic heterocycles. The second-order valence-corrected chi connectivity index (χ2v) is 16.0. The number of piperidine rings is 1. The summed E-state index contributed by atoms with van der Waals surface area (Å²) in [6.45, 7) is 5.65. The molecule has 0 spiro atoms. The lowest BCUT2D eigenvalue weighted by atomic mass is 9.99. The summed E-state index contributed by atoms with van der Waals surface area (Å²) < 4.78 is 12.4. The average Bonchev–Trinajstić information content (AvgIpc) is 3.15. The van der Waals surface area contributed by atoms with Crippen LogP contribution in [0.15, 0.2) is 48.5 Å². The van der Waals surface area contributed by atoms with E-state index in [0.29, 0.717) is 24.3 Å². The van der Waals surface area contributed by atoms with Gasteiger partial charge in [-0.05, 0) is 115 Å². The van der Waals surface area contributed by atoms with Crippen molar-refractivity contribution in [2.45, 2.75) is 70.3 Å². The second kappa shape index (κ2) is 22.4. The van der Waals surface area contributed by atoms with Gasteiger partial charge in [0.1, 0.15) is 24.7 Å². The third kappa shape index (κ3) is 15.3. The number of Topliss-reactive ketones (excluding diaryl/α,β-unsaturated/α-hetero) is 2. The molecule has 306 valence electrons. The third-order valence-corrected chi connectivity index (χ3v) is 10.5. The zero-order valence-corrected chi connectivity index (χ0v) is 34.5. The zero-order chi connectivity index (χ0) is 40.5. The molecule has 1 amide bonds. The molecular weight excluding hydrogens is 732 g/mol. The van der Waals surface area contributed by atoms with Crippen LogP contribution in [0.2, 0.25) is 5.15 Å². The highest BCUT2D eigenvalue weighted by molar-refractivity contribution is 6.31. The van der Waals surface area contributed by atoms with Crippen molar-refractivity contribution in [3.8, 4) is 11.5 Å². The number of carbonyl (C=O) groups excluding carboxylic acids is 3. The average molecular weight is 794 g/mol. The van der Waals surface area contributed by atoms with E-state index in [9.17, 15) is 14.4 Å². The Labute approximate surface area is 337 Å². The van der Waals surface area contributed by atoms with Crippen LogP contribution < -0.4 is 26.3 Å². The Kier molecular flexibility index (Phi) is 17.8. The van der Waals surface area contributed by atoms with Gasteiger partial charge in [0.2, 0.25) is 0 Å². The van der Waals surface area contributed by atoms with Crippen LogP contribution in [0.25, 0.3) is 0 Å². The maximum Gasteiger partial charge on any atom is 0.274 e. The van der Waals surface area contributed by atoms with Gasteiger partial charge in [0.15, 0.2) is 34.0 Å². The van der Waals surface area contributed by atoms with Crippen LogP contribution in [-0.4, -0.2) is 128 Å². The van der Waals surface area contributed by atoms with Gasteiger partial charge in [-0.15, -0.1) is 0 Å². The van der Waals surface area contributed by atoms with Gasteiger partial charge < -0.3 is 40.5 Å². The van der Waals surface area contributed by atoms with E-state index in [1.54, 1.807) is 0 Å². The minimum atomic E-state index is -0.406. The molecule has 1 fully saturated rings. The van der Waals surface area contributed by atoms with E-state index in [-0.39, 0.29) is 53.3 Å². The van der Waals surface area contributed by atoms with E-state index < -0.39 is 5.91 Å². The summed E-state index contributed by atoms with van der Waals surface area (Å²) in [5.74, 6) is 1.14. The van der Waals surface area contributed by atoms with Crippen molar-refractivity contribution in [1.82, 2.24) is 25.1 Å². The number of ether oxygens (including phenoxy) is 2. The Morgan fingerprint density at radius 1 is 0.768 bits per heavy atom. The first-order valence-electron chi connectivity index (χ1n) is 19.8. The van der Waals surface area contributed by atoms with Crippen molar-refractivity contribution in [2.24, 2.45) is 0 Å². The van der Waals surface area contributed by atoms with Crippen molar-refractivity contribution >= 4 is 40.7 Å². The summed E-state index contributed by atoms with van der Waals surface area (Å²) in [4.78, 5) is 50.0. The van der Waals surface area contributed by atoms with E-state index in [0.717, 1.165) is 95.1 Å². The van der Waals surface area contributed by atoms with Gasteiger partial charge in [0.05, 0.1) is 32.2 Å². The van der Waals surface area contributed by atoms with Crippen molar-refractivity contribution in [3.63, 3.8) is 0 Å². The van der Waals surface area contributed by atoms with Crippen molar-refractivity contribution in [1.29, 1.82) is 0 Å². The summed E-state index contributed by atoms with van der Waals surface area (Å²) in [7, 11) is 8.01. The number of nitrogens with one attached hydrogen (secondary N) is 1. The monoisotopic (exact) mass is 793 g/mol. The molecule has 1 atom stereocenters. The summed E-state index contributed by atoms with van der Waals surface area (Å²) in [6, 6.07) is 16.0. The van der Waals surface area contributed by atoms with E-state index in [1.165, 1.54) is 11.1 Å². The maximum atomic E-state index is 13.3. The van der Waals surface area contributed by atoms with E-state index in [2.05, 4.69) is 49.4 Å². The molecule has 0 unspecified atom stereocenters. The number of halogens is 1. The number of aromatic nitrogens is 2. The van der Waals surface area contributed by atoms with Crippen LogP contribution >= 0.6 is 11.6 Å². The van der Waals surface area contributed by atoms with Crippen LogP contribution in [-0.2, 0) is 22.4 Å². The lowest BCUT2D eigenvalue weighted by molar-refractivity contribution is -0.933. The van der Waals surface area contributed by atoms with E-state index in [1.807, 2.05) is 52.5 Å². The normalized spacial score (nSPS) is 15.2. The summed E-state index contributed by atoms with van der Waals surface area (Å²) in [5, 5.41) is 3.11. The van der Waals surface area contributed by atoms with Gasteiger partial charge in [-0.3, -0.25) is 14.4 Å². The minimum absolute atomic E-state index is 0.0130. The fourth-order valence-electron chi connectivity index (χ4n) is 7.22. The largest absolute Gasteiger partial charge is 0.486 e. The van der Waals surface area contributed by atoms with Gasteiger partial charge >= 0.3 is 0 Å². The first kappa shape index (κ1) is 44.4. The molecule has 13 nitrogen and oxygen atoms in total. The number of nitrogens with zero attached hydrogens (tertiary/aromatic N) is 5. The number of ketones is 2. The van der Waals surface area contributed by atoms with Crippen molar-refractivity contribution < 1.29 is 28.3 Å². The quantitative estimate of drug-likeness (QED) is 0.106. The summed E-state index contributed by atoms with van der Waals surface area (Å²) >= 11 is 6.08. The molecule has 0 saturated carbocycles. The summed E-state index contributed by atoms with van der Waals surface area (Å²) in [6.07, 6.45) is 8.23. The SMILES string of the molecule is CN(C)CCCC(=O)COc1ccc(CCC[N+]2(CCCc3ccc(OCC(=O)CCCN(C)C)cc3)CCC[C@H](NC(=O)c3nc(Cl)c(N)nc3N)C2)cc1. The number of nitrogens with two attached hydrogens (primary N) is 2. The molecule has 3 aromatic rings. The van der Waals surface area contributed by atoms with Crippen LogP contribution in [0.5, 0.6) is 11.5 Å². The number of aryl methyl sites for hydroxylation is 2. The van der Waals surface area contributed by atoms with Gasteiger partial charge in [0.25, 0.3) is 5.91 Å². The first-order valence-corrected chi connectivity index (χ1v) is 20.2. The lowest BCUT2D eigenvalue weighted by Gasteiger charge is -2.45. The number of hydrogen-bond acceptors (Lipinski definition) is 11. The standard InChI is InChI=1S/C42H61ClN8O5/c1-49(2)23-5-13-34(52)29-55-36-19-15-31(16-20-36)10-7-25-51(27-9-12-33(28-51)46-42(54)38-40(44)48-41(45)39(43)47-38)26-8-11-32-17-21-37(22-18-32)56-30-35(53)14-6-24-50(3)4/h15-22,33H,5-14,23-30H2,1-4H3,(H4-,44,45,46,48,54)/p+1/t33-/m0/s1. The van der Waals surface area contributed by atoms with E-state index in [4.69, 9.17) is 32.5 Å². The number of rotatable bonds is 24. The van der Waals surface area contributed by atoms with Crippen LogP contribution in [0, 0.1) is 0 Å². The van der Waals surface area contributed by atoms with Gasteiger partial charge in [-0.1, -0.05) is 35.9 Å². The zero-order valence-electron chi connectivity index (χ0n) is 33.7. The Hall–Kier alpha value is -4.30. The van der Waals surface area contributed by atoms with Crippen molar-refractivity contribution in [3.05, 3.63) is 70.5 Å². The van der Waals surface area contributed by atoms with Crippen molar-refractivity contribution in [2.75, 3.05) is 92.1 Å². The third-order valence-electron chi connectivity index (χ3n) is 10.2. The molecule has 14 heteroatoms. The molecule has 0 radical (unpaired) electrons. The number of carbonyl (C=O) groups is 3. The lowest BCUT2D eigenvalue weighted by Crippen LogP contribution is -2.60. The minimum Gasteiger partial charge on any atom is -0.486 e. The number of nitrogen functional groups attached to an aromatic ring is 2. The highest BCUT2D eigenvalue weighted by Crippen LogP contribution is 2.25. The van der Waals surface area contributed by atoms with E-state index >= 15 is 0 Å². The first-order chi connectivity index (χ1) is 26.8. The number of amides is 1. The predicted molar refractivity (Wildman–Crippen MR) is 222 cm³/mol. The molecule has 1 saturated heterocycles. The highest BCUT2D eigenvalue weighted by atomic mass is 35.5. The van der Waals surface area contributed by atoms with Crippen LogP contribution in [0.3, 0.4) is 0 Å². The predicted octanol–water partition coefficient (Wildman–Crippen LogP) is 4.85. The number of hydrogen-bond donors (Lipinski definition) is 3. The molecular formula is C42H62ClN8O5+. The molecule has 0 bridgehead atoms. The molecule has 1 aromatic heterocycles. The number of quaternary nitrogens is 1. The maximum absolute atomic E-state index is 13.3. The summed E-state index contributed by atoms with van der Waals surface area (Å²) in [5.41, 5.74) is 14.1. The fourth-order valence-corrected chi connectivity index (χ4v) is 7.35. The molecule has 56 heavy (non-hydrogen) atoms. The van der Waals surface area contributed by atoms with Gasteiger partial charge in [-0.25, -0.2) is 9.97 Å². The van der Waals surface area contributed by atoms with Gasteiger partial charge in [-0.2, -0.15) is 0 Å². The Morgan fingerprint density at radius 3 is 1.75 bits per heavy atom. The fraction of sp³-hybridized carbons (Fsp3) is 0.548. The Morgan fingerprint density at radius 2 is 1.27 bits per heavy atom. The molecule has 5 N–H and O–H groups in total. The molecule has 0 aliphatic carbocycles. The Bertz CT molecular complexity index is 1620. The second-order valence-electron chi connectivity index (χ2n) is 15.6. The molecule has 2 heterocycles. The number of benzene rings is 2.